The van der Waals surface area contributed by atoms with E-state index < -0.39 is 12.0 Å². The summed E-state index contributed by atoms with van der Waals surface area (Å²) in [5.74, 6) is 0.137. The number of esters is 1. The molecule has 0 radical (unpaired) electrons. The van der Waals surface area contributed by atoms with Gasteiger partial charge in [0.2, 0.25) is 0 Å². The number of hydrogen-bond donors (Lipinski definition) is 3. The summed E-state index contributed by atoms with van der Waals surface area (Å²) in [5.41, 5.74) is 1.26. The maximum atomic E-state index is 12.2. The second-order valence-corrected chi connectivity index (χ2v) is 7.98. The number of nitrogens with one attached hydrogen (secondary N) is 3. The molecule has 0 fully saturated rings. The molecule has 32 heavy (non-hydrogen) atoms. The zero-order valence-corrected chi connectivity index (χ0v) is 18.7. The summed E-state index contributed by atoms with van der Waals surface area (Å²) >= 11 is 6.99. The van der Waals surface area contributed by atoms with Crippen LogP contribution < -0.4 is 20.7 Å². The lowest BCUT2D eigenvalue weighted by Gasteiger charge is -2.09. The number of anilines is 1. The number of methoxy groups -OCH3 is 1. The third-order valence-electron chi connectivity index (χ3n) is 4.14. The van der Waals surface area contributed by atoms with Crippen molar-refractivity contribution in [2.45, 2.75) is 6.54 Å². The Morgan fingerprint density at radius 2 is 1.84 bits per heavy atom. The fourth-order valence-electron chi connectivity index (χ4n) is 2.58. The van der Waals surface area contributed by atoms with Crippen LogP contribution in [0, 0.1) is 0 Å². The van der Waals surface area contributed by atoms with Gasteiger partial charge in [-0.05, 0) is 29.8 Å². The highest BCUT2D eigenvalue weighted by Gasteiger charge is 2.18. The molecule has 9 nitrogen and oxygen atoms in total. The normalized spacial score (nSPS) is 10.2. The molecule has 0 aliphatic carbocycles. The average molecular weight is 475 g/mol. The van der Waals surface area contributed by atoms with Gasteiger partial charge in [-0.2, -0.15) is 0 Å². The van der Waals surface area contributed by atoms with Gasteiger partial charge in [0.1, 0.15) is 22.2 Å². The molecule has 0 aliphatic heterocycles. The summed E-state index contributed by atoms with van der Waals surface area (Å²) in [6.07, 6.45) is 1.49. The van der Waals surface area contributed by atoms with Crippen LogP contribution in [-0.2, 0) is 11.3 Å². The van der Waals surface area contributed by atoms with Crippen molar-refractivity contribution < 1.29 is 23.9 Å². The largest absolute Gasteiger partial charge is 0.465 e. The molecule has 3 N–H and O–H groups in total. The number of halogens is 1. The van der Waals surface area contributed by atoms with Crippen LogP contribution in [-0.4, -0.2) is 37.0 Å². The lowest BCUT2D eigenvalue weighted by Crippen LogP contribution is -2.28. The summed E-state index contributed by atoms with van der Waals surface area (Å²) in [6.45, 7) is 0.245. The van der Waals surface area contributed by atoms with Crippen molar-refractivity contribution in [3.05, 3.63) is 69.8 Å². The third-order valence-corrected chi connectivity index (χ3v) is 5.32. The quantitative estimate of drug-likeness (QED) is 0.444. The Morgan fingerprint density at radius 1 is 1.09 bits per heavy atom. The monoisotopic (exact) mass is 474 g/mol. The van der Waals surface area contributed by atoms with Crippen molar-refractivity contribution in [1.82, 2.24) is 15.6 Å². The van der Waals surface area contributed by atoms with Gasteiger partial charge in [0, 0.05) is 25.9 Å². The molecular weight excluding hydrogens is 456 g/mol. The van der Waals surface area contributed by atoms with E-state index in [4.69, 9.17) is 16.3 Å². The number of aromatic nitrogens is 1. The fraction of sp³-hybridized carbons (Fsp3) is 0.143. The van der Waals surface area contributed by atoms with E-state index in [1.165, 1.54) is 32.5 Å². The van der Waals surface area contributed by atoms with Gasteiger partial charge in [0.15, 0.2) is 0 Å². The summed E-state index contributed by atoms with van der Waals surface area (Å²) < 4.78 is 10.8. The molecule has 166 valence electrons. The van der Waals surface area contributed by atoms with Crippen molar-refractivity contribution in [3.63, 3.8) is 0 Å². The molecule has 2 heterocycles. The molecule has 0 bridgehead atoms. The second kappa shape index (κ2) is 10.6. The molecule has 0 spiro atoms. The van der Waals surface area contributed by atoms with Crippen LogP contribution in [0.3, 0.4) is 0 Å². The van der Waals surface area contributed by atoms with Gasteiger partial charge < -0.3 is 20.1 Å². The molecular formula is C21H19ClN4O5S. The number of carbonyl (C=O) groups excluding carboxylic acids is 3. The number of urea groups is 1. The Bertz CT molecular complexity index is 1130. The minimum Gasteiger partial charge on any atom is -0.465 e. The van der Waals surface area contributed by atoms with Crippen LogP contribution >= 0.6 is 22.9 Å². The molecule has 3 amide bonds. The highest BCUT2D eigenvalue weighted by atomic mass is 35.5. The maximum absolute atomic E-state index is 12.2. The van der Waals surface area contributed by atoms with E-state index in [-0.39, 0.29) is 23.7 Å². The van der Waals surface area contributed by atoms with E-state index in [2.05, 4.69) is 25.7 Å². The van der Waals surface area contributed by atoms with E-state index in [0.29, 0.717) is 20.8 Å². The van der Waals surface area contributed by atoms with Crippen molar-refractivity contribution in [2.24, 2.45) is 0 Å². The van der Waals surface area contributed by atoms with E-state index in [0.717, 1.165) is 16.9 Å². The van der Waals surface area contributed by atoms with Gasteiger partial charge in [-0.1, -0.05) is 23.7 Å². The number of thiophene rings is 1. The molecule has 0 unspecified atom stereocenters. The molecule has 0 atom stereocenters. The van der Waals surface area contributed by atoms with Crippen LogP contribution in [0.2, 0.25) is 4.34 Å². The van der Waals surface area contributed by atoms with Crippen molar-refractivity contribution >= 4 is 45.8 Å². The lowest BCUT2D eigenvalue weighted by molar-refractivity contribution is 0.0602. The number of carbonyl (C=O) groups is 3. The summed E-state index contributed by atoms with van der Waals surface area (Å²) in [4.78, 5) is 39.6. The van der Waals surface area contributed by atoms with Crippen LogP contribution in [0.15, 0.2) is 48.7 Å². The van der Waals surface area contributed by atoms with Gasteiger partial charge in [-0.3, -0.25) is 15.1 Å². The lowest BCUT2D eigenvalue weighted by atomic mass is 10.2. The Labute approximate surface area is 192 Å². The number of amides is 3. The number of ether oxygens (including phenoxy) is 2. The van der Waals surface area contributed by atoms with Gasteiger partial charge in [0.05, 0.1) is 17.0 Å². The molecule has 3 rings (SSSR count). The van der Waals surface area contributed by atoms with Gasteiger partial charge in [-0.25, -0.2) is 9.59 Å². The minimum absolute atomic E-state index is 0.190. The molecule has 0 aliphatic rings. The number of hydrogen-bond acceptors (Lipinski definition) is 7. The first kappa shape index (κ1) is 23.0. The Kier molecular flexibility index (Phi) is 7.63. The van der Waals surface area contributed by atoms with Crippen LogP contribution in [0.4, 0.5) is 9.80 Å². The fourth-order valence-corrected chi connectivity index (χ4v) is 3.69. The van der Waals surface area contributed by atoms with Crippen molar-refractivity contribution in [3.8, 4) is 11.5 Å². The van der Waals surface area contributed by atoms with E-state index in [1.807, 2.05) is 0 Å². The van der Waals surface area contributed by atoms with Gasteiger partial charge in [0.25, 0.3) is 5.91 Å². The van der Waals surface area contributed by atoms with Crippen molar-refractivity contribution in [1.29, 1.82) is 0 Å². The van der Waals surface area contributed by atoms with Gasteiger partial charge in [-0.15, -0.1) is 11.3 Å². The van der Waals surface area contributed by atoms with E-state index in [1.54, 1.807) is 30.3 Å². The standard InChI is InChI=1S/C21H19ClN4O5S/c1-23-18(27)16-9-14(7-8-24-16)31-13-5-3-12(4-6-13)11-25-21(29)26-19-15(20(28)30-2)10-17(22)32-19/h3-10H,11H2,1-2H3,(H,23,27)(H2,25,26,29). The minimum atomic E-state index is -0.587. The van der Waals surface area contributed by atoms with E-state index >= 15 is 0 Å². The van der Waals surface area contributed by atoms with E-state index in [9.17, 15) is 14.4 Å². The SMILES string of the molecule is CNC(=O)c1cc(Oc2ccc(CNC(=O)Nc3sc(Cl)cc3C(=O)OC)cc2)ccn1. The number of rotatable bonds is 7. The number of pyridine rings is 1. The average Bonchev–Trinajstić information content (AvgIpc) is 3.17. The Hall–Kier alpha value is -3.63. The van der Waals surface area contributed by atoms with Crippen LogP contribution in [0.1, 0.15) is 26.4 Å². The molecule has 11 heteroatoms. The molecule has 0 saturated heterocycles. The summed E-state index contributed by atoms with van der Waals surface area (Å²) in [5, 5.41) is 8.11. The predicted octanol–water partition coefficient (Wildman–Crippen LogP) is 4.06. The van der Waals surface area contributed by atoms with Crippen LogP contribution in [0.25, 0.3) is 0 Å². The first-order valence-electron chi connectivity index (χ1n) is 9.27. The second-order valence-electron chi connectivity index (χ2n) is 6.29. The Balaban J connectivity index is 1.56. The molecule has 1 aromatic carbocycles. The van der Waals surface area contributed by atoms with Gasteiger partial charge >= 0.3 is 12.0 Å². The first-order chi connectivity index (χ1) is 15.4. The highest BCUT2D eigenvalue weighted by Crippen LogP contribution is 2.32. The topological polar surface area (TPSA) is 119 Å². The zero-order valence-electron chi connectivity index (χ0n) is 17.1. The predicted molar refractivity (Wildman–Crippen MR) is 121 cm³/mol. The van der Waals surface area contributed by atoms with Crippen molar-refractivity contribution in [2.75, 3.05) is 19.5 Å². The molecule has 2 aromatic heterocycles. The maximum Gasteiger partial charge on any atom is 0.340 e. The Morgan fingerprint density at radius 3 is 2.53 bits per heavy atom. The first-order valence-corrected chi connectivity index (χ1v) is 10.5. The smallest absolute Gasteiger partial charge is 0.340 e. The molecule has 3 aromatic rings. The zero-order chi connectivity index (χ0) is 23.1. The third kappa shape index (κ3) is 5.96. The summed E-state index contributed by atoms with van der Waals surface area (Å²) in [6, 6.07) is 11.2. The van der Waals surface area contributed by atoms with Crippen LogP contribution in [0.5, 0.6) is 11.5 Å². The number of nitrogens with zero attached hydrogens (tertiary/aromatic N) is 1. The number of benzene rings is 1. The summed E-state index contributed by atoms with van der Waals surface area (Å²) in [7, 11) is 2.78. The molecule has 0 saturated carbocycles. The highest BCUT2D eigenvalue weighted by molar-refractivity contribution is 7.20.